The second-order valence-corrected chi connectivity index (χ2v) is 2.18. The van der Waals surface area contributed by atoms with Crippen LogP contribution in [-0.2, 0) is 4.79 Å². The van der Waals surface area contributed by atoms with Crippen molar-refractivity contribution in [2.75, 3.05) is 13.1 Å². The molecule has 0 aromatic carbocycles. The lowest BCUT2D eigenvalue weighted by molar-refractivity contribution is -0.124. The minimum absolute atomic E-state index is 0.0718. The zero-order chi connectivity index (χ0) is 6.85. The molecule has 1 aliphatic heterocycles. The molecule has 1 aliphatic rings. The molecule has 0 saturated carbocycles. The second-order valence-electron chi connectivity index (χ2n) is 1.80. The lowest BCUT2D eigenvalue weighted by atomic mass is 10.5. The normalized spacial score (nSPS) is 18.6. The van der Waals surface area contributed by atoms with Gasteiger partial charge >= 0.3 is 0 Å². The third-order valence-electron chi connectivity index (χ3n) is 1.25. The molecule has 0 aromatic heterocycles. The van der Waals surface area contributed by atoms with Crippen LogP contribution in [0, 0.1) is 0 Å². The van der Waals surface area contributed by atoms with Gasteiger partial charge in [0, 0.05) is 6.54 Å². The molecule has 0 aliphatic carbocycles. The van der Waals surface area contributed by atoms with Crippen LogP contribution in [0.4, 0.5) is 0 Å². The Balaban J connectivity index is 2.66. The first-order chi connectivity index (χ1) is 4.25. The Kier molecular flexibility index (Phi) is 1.66. The molecule has 0 spiro atoms. The number of thiocarbonyl (C=S) groups is 1. The Morgan fingerprint density at radius 1 is 1.89 bits per heavy atom. The van der Waals surface area contributed by atoms with Crippen LogP contribution in [0.25, 0.3) is 0 Å². The average molecular weight is 144 g/mol. The molecule has 0 bridgehead atoms. The molecule has 1 N–H and O–H groups in total. The molecule has 9 heavy (non-hydrogen) atoms. The highest BCUT2D eigenvalue weighted by atomic mass is 32.1. The minimum atomic E-state index is 0.0718. The first-order valence-corrected chi connectivity index (χ1v) is 3.24. The number of amides is 1. The molecule has 3 nitrogen and oxygen atoms in total. The van der Waals surface area contributed by atoms with Gasteiger partial charge in [-0.05, 0) is 19.1 Å². The zero-order valence-electron chi connectivity index (χ0n) is 5.18. The summed E-state index contributed by atoms with van der Waals surface area (Å²) in [6.45, 7) is 2.94. The topological polar surface area (TPSA) is 32.3 Å². The minimum Gasteiger partial charge on any atom is -0.353 e. The molecule has 50 valence electrons. The first-order valence-electron chi connectivity index (χ1n) is 2.84. The number of hydrogen-bond donors (Lipinski definition) is 1. The maximum Gasteiger partial charge on any atom is 0.248 e. The highest BCUT2D eigenvalue weighted by molar-refractivity contribution is 7.80. The van der Waals surface area contributed by atoms with Gasteiger partial charge in [0.1, 0.15) is 0 Å². The highest BCUT2D eigenvalue weighted by Gasteiger charge is 2.22. The van der Waals surface area contributed by atoms with E-state index < -0.39 is 0 Å². The van der Waals surface area contributed by atoms with E-state index in [1.54, 1.807) is 4.90 Å². The van der Waals surface area contributed by atoms with Gasteiger partial charge in [-0.3, -0.25) is 9.69 Å². The summed E-state index contributed by atoms with van der Waals surface area (Å²) in [5.41, 5.74) is 0. The standard InChI is InChI=1S/C5H8N2OS/c1-2-7-4(8)3-6-5(7)9/h2-3H2,1H3,(H,6,9). The number of carbonyl (C=O) groups is 1. The molecule has 1 amide bonds. The summed E-state index contributed by atoms with van der Waals surface area (Å²) in [4.78, 5) is 12.3. The van der Waals surface area contributed by atoms with Gasteiger partial charge < -0.3 is 5.32 Å². The van der Waals surface area contributed by atoms with Crippen LogP contribution < -0.4 is 5.32 Å². The van der Waals surface area contributed by atoms with E-state index in [0.717, 1.165) is 0 Å². The molecule has 1 rings (SSSR count). The van der Waals surface area contributed by atoms with Gasteiger partial charge in [0.05, 0.1) is 6.54 Å². The van der Waals surface area contributed by atoms with Crippen LogP contribution in [0.5, 0.6) is 0 Å². The molecule has 1 fully saturated rings. The summed E-state index contributed by atoms with van der Waals surface area (Å²) in [7, 11) is 0. The summed E-state index contributed by atoms with van der Waals surface area (Å²) >= 11 is 4.81. The Bertz CT molecular complexity index is 141. The van der Waals surface area contributed by atoms with Gasteiger partial charge in [0.2, 0.25) is 5.91 Å². The van der Waals surface area contributed by atoms with Crippen molar-refractivity contribution in [3.05, 3.63) is 0 Å². The summed E-state index contributed by atoms with van der Waals surface area (Å²) in [6, 6.07) is 0. The van der Waals surface area contributed by atoms with Crippen LogP contribution in [0.1, 0.15) is 6.92 Å². The van der Waals surface area contributed by atoms with Crippen molar-refractivity contribution in [3.8, 4) is 0 Å². The predicted octanol–water partition coefficient (Wildman–Crippen LogP) is -0.277. The number of likely N-dealkylation sites (N-methyl/N-ethyl adjacent to an activating group) is 1. The quantitative estimate of drug-likeness (QED) is 0.514. The van der Waals surface area contributed by atoms with Crippen molar-refractivity contribution < 1.29 is 4.79 Å². The number of nitrogens with zero attached hydrogens (tertiary/aromatic N) is 1. The van der Waals surface area contributed by atoms with Gasteiger partial charge in [-0.25, -0.2) is 0 Å². The third-order valence-corrected chi connectivity index (χ3v) is 1.62. The molecule has 0 radical (unpaired) electrons. The fraction of sp³-hybridized carbons (Fsp3) is 0.600. The van der Waals surface area contributed by atoms with Crippen molar-refractivity contribution in [3.63, 3.8) is 0 Å². The Hall–Kier alpha value is -0.640. The largest absolute Gasteiger partial charge is 0.353 e. The summed E-state index contributed by atoms with van der Waals surface area (Å²) in [5.74, 6) is 0.0718. The molecule has 4 heteroatoms. The molecule has 0 aromatic rings. The fourth-order valence-electron chi connectivity index (χ4n) is 0.775. The van der Waals surface area contributed by atoms with E-state index in [4.69, 9.17) is 12.2 Å². The third kappa shape index (κ3) is 1.03. The molecule has 1 heterocycles. The van der Waals surface area contributed by atoms with Gasteiger partial charge in [-0.1, -0.05) is 0 Å². The van der Waals surface area contributed by atoms with E-state index in [1.807, 2.05) is 6.92 Å². The number of nitrogens with one attached hydrogen (secondary N) is 1. The number of rotatable bonds is 1. The van der Waals surface area contributed by atoms with Crippen LogP contribution in [0.2, 0.25) is 0 Å². The lowest BCUT2D eigenvalue weighted by Gasteiger charge is -2.09. The first kappa shape index (κ1) is 6.48. The molecule has 1 saturated heterocycles. The van der Waals surface area contributed by atoms with Gasteiger partial charge in [-0.2, -0.15) is 0 Å². The Morgan fingerprint density at radius 2 is 2.56 bits per heavy atom. The van der Waals surface area contributed by atoms with Crippen molar-refractivity contribution in [1.29, 1.82) is 0 Å². The van der Waals surface area contributed by atoms with Crippen molar-refractivity contribution in [2.24, 2.45) is 0 Å². The van der Waals surface area contributed by atoms with Gasteiger partial charge in [0.15, 0.2) is 5.11 Å². The van der Waals surface area contributed by atoms with Crippen LogP contribution >= 0.6 is 12.2 Å². The summed E-state index contributed by atoms with van der Waals surface area (Å²) < 4.78 is 0. The molecule has 0 unspecified atom stereocenters. The van der Waals surface area contributed by atoms with Crippen LogP contribution in [0.15, 0.2) is 0 Å². The SMILES string of the molecule is CCN1C(=O)CNC1=S. The molecule has 0 atom stereocenters. The van der Waals surface area contributed by atoms with E-state index in [1.165, 1.54) is 0 Å². The monoisotopic (exact) mass is 144 g/mol. The second kappa shape index (κ2) is 2.31. The van der Waals surface area contributed by atoms with Gasteiger partial charge in [-0.15, -0.1) is 0 Å². The number of carbonyl (C=O) groups excluding carboxylic acids is 1. The van der Waals surface area contributed by atoms with Crippen molar-refractivity contribution >= 4 is 23.2 Å². The lowest BCUT2D eigenvalue weighted by Crippen LogP contribution is -2.30. The van der Waals surface area contributed by atoms with Crippen LogP contribution in [0.3, 0.4) is 0 Å². The van der Waals surface area contributed by atoms with Gasteiger partial charge in [0.25, 0.3) is 0 Å². The van der Waals surface area contributed by atoms with Crippen molar-refractivity contribution in [1.82, 2.24) is 10.2 Å². The van der Waals surface area contributed by atoms with E-state index in [0.29, 0.717) is 18.2 Å². The predicted molar refractivity (Wildman–Crippen MR) is 38.0 cm³/mol. The maximum atomic E-state index is 10.8. The van der Waals surface area contributed by atoms with E-state index in [9.17, 15) is 4.79 Å². The Morgan fingerprint density at radius 3 is 2.78 bits per heavy atom. The maximum absolute atomic E-state index is 10.8. The molecular formula is C5H8N2OS. The van der Waals surface area contributed by atoms with Crippen molar-refractivity contribution in [2.45, 2.75) is 6.92 Å². The summed E-state index contributed by atoms with van der Waals surface area (Å²) in [5, 5.41) is 3.34. The zero-order valence-corrected chi connectivity index (χ0v) is 5.99. The van der Waals surface area contributed by atoms with Crippen LogP contribution in [-0.4, -0.2) is 29.0 Å². The number of hydrogen-bond acceptors (Lipinski definition) is 2. The molecular weight excluding hydrogens is 136 g/mol. The van der Waals surface area contributed by atoms with E-state index in [-0.39, 0.29) is 5.91 Å². The highest BCUT2D eigenvalue weighted by Crippen LogP contribution is 1.96. The average Bonchev–Trinajstić information content (AvgIpc) is 2.12. The Labute approximate surface area is 59.0 Å². The smallest absolute Gasteiger partial charge is 0.248 e. The van der Waals surface area contributed by atoms with E-state index in [2.05, 4.69) is 5.32 Å². The summed E-state index contributed by atoms with van der Waals surface area (Å²) in [6.07, 6.45) is 0. The fourth-order valence-corrected chi connectivity index (χ4v) is 1.08. The van der Waals surface area contributed by atoms with E-state index >= 15 is 0 Å².